The molecule has 0 saturated carbocycles. The van der Waals surface area contributed by atoms with Crippen molar-refractivity contribution in [2.45, 2.75) is 6.42 Å². The first-order valence-electron chi connectivity index (χ1n) is 3.86. The van der Waals surface area contributed by atoms with Crippen LogP contribution in [0.15, 0.2) is 27.1 Å². The van der Waals surface area contributed by atoms with Gasteiger partial charge in [0.25, 0.3) is 0 Å². The molecule has 0 fully saturated rings. The summed E-state index contributed by atoms with van der Waals surface area (Å²) in [5.74, 6) is 2.58. The molecular weight excluding hydrogens is 294 g/mol. The Bertz CT molecular complexity index is 328. The number of rotatable bonds is 3. The van der Waals surface area contributed by atoms with Crippen molar-refractivity contribution in [3.63, 3.8) is 0 Å². The van der Waals surface area contributed by atoms with Crippen LogP contribution in [-0.2, 0) is 0 Å². The summed E-state index contributed by atoms with van der Waals surface area (Å²) in [5, 5.41) is 3.23. The molecule has 1 aromatic carbocycles. The Morgan fingerprint density at radius 2 is 2.15 bits per heavy atom. The van der Waals surface area contributed by atoms with E-state index in [1.807, 2.05) is 18.2 Å². The number of nitrogens with one attached hydrogen (secondary N) is 1. The number of benzene rings is 1. The monoisotopic (exact) mass is 301 g/mol. The third kappa shape index (κ3) is 3.41. The van der Waals surface area contributed by atoms with E-state index in [0.717, 1.165) is 27.6 Å². The molecule has 0 atom stereocenters. The van der Waals surface area contributed by atoms with Crippen LogP contribution in [0.5, 0.6) is 0 Å². The van der Waals surface area contributed by atoms with Gasteiger partial charge < -0.3 is 5.32 Å². The maximum Gasteiger partial charge on any atom is 0.0485 e. The van der Waals surface area contributed by atoms with Crippen molar-refractivity contribution in [3.8, 4) is 12.3 Å². The minimum atomic E-state index is 0.739. The summed E-state index contributed by atoms with van der Waals surface area (Å²) in [7, 11) is 0. The fourth-order valence-electron chi connectivity index (χ4n) is 0.902. The normalized spacial score (nSPS) is 9.31. The molecule has 0 amide bonds. The van der Waals surface area contributed by atoms with Crippen LogP contribution in [0.4, 0.5) is 5.69 Å². The third-order valence-electron chi connectivity index (χ3n) is 1.52. The Balaban J connectivity index is 2.62. The number of terminal acetylenes is 1. The summed E-state index contributed by atoms with van der Waals surface area (Å²) in [6.45, 7) is 0.802. The summed E-state index contributed by atoms with van der Waals surface area (Å²) in [5.41, 5.74) is 1.07. The molecular formula is C10H9Br2N. The maximum atomic E-state index is 5.15. The van der Waals surface area contributed by atoms with Gasteiger partial charge in [0.2, 0.25) is 0 Å². The molecule has 1 N–H and O–H groups in total. The van der Waals surface area contributed by atoms with Gasteiger partial charge in [-0.05, 0) is 34.1 Å². The zero-order valence-electron chi connectivity index (χ0n) is 6.98. The molecule has 1 rings (SSSR count). The van der Waals surface area contributed by atoms with Gasteiger partial charge in [0.05, 0.1) is 0 Å². The van der Waals surface area contributed by atoms with Crippen molar-refractivity contribution in [1.82, 2.24) is 0 Å². The van der Waals surface area contributed by atoms with E-state index in [4.69, 9.17) is 6.42 Å². The van der Waals surface area contributed by atoms with Crippen LogP contribution < -0.4 is 5.32 Å². The quantitative estimate of drug-likeness (QED) is 0.664. The molecule has 0 spiro atoms. The molecule has 1 aromatic rings. The van der Waals surface area contributed by atoms with E-state index in [1.165, 1.54) is 0 Å². The highest BCUT2D eigenvalue weighted by molar-refractivity contribution is 9.11. The first kappa shape index (κ1) is 10.6. The highest BCUT2D eigenvalue weighted by Gasteiger charge is 1.98. The van der Waals surface area contributed by atoms with E-state index in [1.54, 1.807) is 0 Å². The summed E-state index contributed by atoms with van der Waals surface area (Å²) in [6, 6.07) is 5.99. The molecule has 0 aromatic heterocycles. The minimum absolute atomic E-state index is 0.739. The SMILES string of the molecule is C#CCCNc1ccc(Br)cc1Br. The second kappa shape index (κ2) is 5.31. The zero-order valence-corrected chi connectivity index (χ0v) is 10.2. The fourth-order valence-corrected chi connectivity index (χ4v) is 2.09. The Hall–Kier alpha value is -0.460. The highest BCUT2D eigenvalue weighted by atomic mass is 79.9. The number of hydrogen-bond donors (Lipinski definition) is 1. The predicted octanol–water partition coefficient (Wildman–Crippen LogP) is 3.65. The van der Waals surface area contributed by atoms with Gasteiger partial charge in [0, 0.05) is 27.6 Å². The van der Waals surface area contributed by atoms with Gasteiger partial charge >= 0.3 is 0 Å². The molecule has 13 heavy (non-hydrogen) atoms. The lowest BCUT2D eigenvalue weighted by atomic mass is 10.3. The van der Waals surface area contributed by atoms with Crippen LogP contribution in [0, 0.1) is 12.3 Å². The molecule has 0 saturated heterocycles. The summed E-state index contributed by atoms with van der Waals surface area (Å²) in [6.07, 6.45) is 5.88. The van der Waals surface area contributed by atoms with Crippen LogP contribution >= 0.6 is 31.9 Å². The first-order chi connectivity index (χ1) is 6.24. The lowest BCUT2D eigenvalue weighted by Gasteiger charge is -2.06. The topological polar surface area (TPSA) is 12.0 Å². The van der Waals surface area contributed by atoms with Gasteiger partial charge in [-0.2, -0.15) is 0 Å². The van der Waals surface area contributed by atoms with E-state index in [0.29, 0.717) is 0 Å². The van der Waals surface area contributed by atoms with E-state index < -0.39 is 0 Å². The van der Waals surface area contributed by atoms with Crippen molar-refractivity contribution in [3.05, 3.63) is 27.1 Å². The fraction of sp³-hybridized carbons (Fsp3) is 0.200. The Morgan fingerprint density at radius 3 is 2.77 bits per heavy atom. The Kier molecular flexibility index (Phi) is 4.34. The highest BCUT2D eigenvalue weighted by Crippen LogP contribution is 2.25. The Labute approximate surface area is 95.2 Å². The zero-order chi connectivity index (χ0) is 9.68. The van der Waals surface area contributed by atoms with Crippen molar-refractivity contribution in [2.75, 3.05) is 11.9 Å². The lowest BCUT2D eigenvalue weighted by molar-refractivity contribution is 1.10. The first-order valence-corrected chi connectivity index (χ1v) is 5.45. The van der Waals surface area contributed by atoms with E-state index in [-0.39, 0.29) is 0 Å². The van der Waals surface area contributed by atoms with Gasteiger partial charge in [-0.3, -0.25) is 0 Å². The average molecular weight is 303 g/mol. The summed E-state index contributed by atoms with van der Waals surface area (Å²) < 4.78 is 2.10. The maximum absolute atomic E-state index is 5.15. The smallest absolute Gasteiger partial charge is 0.0485 e. The molecule has 0 aliphatic carbocycles. The molecule has 0 radical (unpaired) electrons. The minimum Gasteiger partial charge on any atom is -0.383 e. The second-order valence-electron chi connectivity index (χ2n) is 2.51. The van der Waals surface area contributed by atoms with Crippen LogP contribution in [0.1, 0.15) is 6.42 Å². The van der Waals surface area contributed by atoms with Crippen molar-refractivity contribution in [1.29, 1.82) is 0 Å². The largest absolute Gasteiger partial charge is 0.383 e. The molecule has 0 aliphatic heterocycles. The van der Waals surface area contributed by atoms with Crippen LogP contribution in [0.3, 0.4) is 0 Å². The van der Waals surface area contributed by atoms with E-state index in [2.05, 4.69) is 43.1 Å². The van der Waals surface area contributed by atoms with Crippen LogP contribution in [0.25, 0.3) is 0 Å². The van der Waals surface area contributed by atoms with Gasteiger partial charge in [0.15, 0.2) is 0 Å². The summed E-state index contributed by atoms with van der Waals surface area (Å²) in [4.78, 5) is 0. The van der Waals surface area contributed by atoms with Gasteiger partial charge in [-0.1, -0.05) is 15.9 Å². The summed E-state index contributed by atoms with van der Waals surface area (Å²) >= 11 is 6.84. The van der Waals surface area contributed by atoms with Crippen molar-refractivity contribution in [2.24, 2.45) is 0 Å². The van der Waals surface area contributed by atoms with Gasteiger partial charge in [0.1, 0.15) is 0 Å². The lowest BCUT2D eigenvalue weighted by Crippen LogP contribution is -2.00. The van der Waals surface area contributed by atoms with Crippen LogP contribution in [0.2, 0.25) is 0 Å². The van der Waals surface area contributed by atoms with Crippen molar-refractivity contribution >= 4 is 37.5 Å². The molecule has 68 valence electrons. The number of hydrogen-bond acceptors (Lipinski definition) is 1. The third-order valence-corrected chi connectivity index (χ3v) is 2.67. The molecule has 1 nitrogen and oxygen atoms in total. The predicted molar refractivity (Wildman–Crippen MR) is 63.8 cm³/mol. The van der Waals surface area contributed by atoms with Crippen LogP contribution in [-0.4, -0.2) is 6.54 Å². The van der Waals surface area contributed by atoms with Crippen molar-refractivity contribution < 1.29 is 0 Å². The van der Waals surface area contributed by atoms with Gasteiger partial charge in [-0.15, -0.1) is 12.3 Å². The second-order valence-corrected chi connectivity index (χ2v) is 4.28. The molecule has 0 bridgehead atoms. The Morgan fingerprint density at radius 1 is 1.38 bits per heavy atom. The average Bonchev–Trinajstić information content (AvgIpc) is 2.09. The standard InChI is InChI=1S/C10H9Br2N/c1-2-3-6-13-10-5-4-8(11)7-9(10)12/h1,4-5,7,13H,3,6H2. The van der Waals surface area contributed by atoms with E-state index in [9.17, 15) is 0 Å². The molecule has 0 heterocycles. The number of halogens is 2. The van der Waals surface area contributed by atoms with Gasteiger partial charge in [-0.25, -0.2) is 0 Å². The van der Waals surface area contributed by atoms with E-state index >= 15 is 0 Å². The molecule has 3 heteroatoms. The molecule has 0 aliphatic rings. The number of anilines is 1. The molecule has 0 unspecified atom stereocenters.